The molecule has 0 bridgehead atoms. The van der Waals surface area contributed by atoms with Gasteiger partial charge in [-0.1, -0.05) is 0 Å². The summed E-state index contributed by atoms with van der Waals surface area (Å²) in [7, 11) is 1.58. The van der Waals surface area contributed by atoms with Crippen molar-refractivity contribution >= 4 is 11.9 Å². The lowest BCUT2D eigenvalue weighted by atomic mass is 10.2. The van der Waals surface area contributed by atoms with E-state index in [1.165, 1.54) is 4.90 Å². The predicted octanol–water partition coefficient (Wildman–Crippen LogP) is 0.207. The third kappa shape index (κ3) is 1.11. The van der Waals surface area contributed by atoms with Crippen LogP contribution in [0.2, 0.25) is 0 Å². The molecule has 0 saturated carbocycles. The van der Waals surface area contributed by atoms with Gasteiger partial charge in [-0.3, -0.25) is 4.79 Å². The first-order valence-corrected chi connectivity index (χ1v) is 3.23. The number of carbonyl (C=O) groups excluding carboxylic acids is 1. The molecule has 1 rings (SSSR count). The molecule has 0 fully saturated rings. The Kier molecular flexibility index (Phi) is 1.68. The van der Waals surface area contributed by atoms with Crippen LogP contribution in [0.5, 0.6) is 0 Å². The van der Waals surface area contributed by atoms with Crippen LogP contribution in [0.15, 0.2) is 11.3 Å². The van der Waals surface area contributed by atoms with E-state index in [-0.39, 0.29) is 17.9 Å². The Hall–Kier alpha value is -1.32. The van der Waals surface area contributed by atoms with Gasteiger partial charge in [-0.15, -0.1) is 0 Å². The van der Waals surface area contributed by atoms with E-state index in [1.807, 2.05) is 0 Å². The van der Waals surface area contributed by atoms with Gasteiger partial charge >= 0.3 is 5.97 Å². The molecule has 1 N–H and O–H groups in total. The molecule has 11 heavy (non-hydrogen) atoms. The van der Waals surface area contributed by atoms with Crippen LogP contribution in [0, 0.1) is 0 Å². The molecular weight excluding hydrogens is 146 g/mol. The Balaban J connectivity index is 2.98. The van der Waals surface area contributed by atoms with Gasteiger partial charge in [0.2, 0.25) is 5.91 Å². The summed E-state index contributed by atoms with van der Waals surface area (Å²) >= 11 is 0. The number of amides is 1. The van der Waals surface area contributed by atoms with E-state index in [1.54, 1.807) is 14.0 Å². The van der Waals surface area contributed by atoms with Gasteiger partial charge in [0.25, 0.3) is 0 Å². The van der Waals surface area contributed by atoms with Gasteiger partial charge < -0.3 is 10.0 Å². The fourth-order valence-electron chi connectivity index (χ4n) is 1.02. The van der Waals surface area contributed by atoms with Gasteiger partial charge in [0.1, 0.15) is 0 Å². The Morgan fingerprint density at radius 2 is 2.18 bits per heavy atom. The lowest BCUT2D eigenvalue weighted by Crippen LogP contribution is -2.17. The maximum atomic E-state index is 10.9. The molecule has 1 aliphatic rings. The van der Waals surface area contributed by atoms with Crippen molar-refractivity contribution in [3.05, 3.63) is 11.3 Å². The molecule has 0 saturated heterocycles. The quantitative estimate of drug-likeness (QED) is 0.588. The standard InChI is InChI=1S/C7H9NO3/c1-4-5(7(10)11)3-6(9)8(4)2/h3H2,1-2H3,(H,10,11). The van der Waals surface area contributed by atoms with Crippen molar-refractivity contribution in [2.75, 3.05) is 7.05 Å². The van der Waals surface area contributed by atoms with Crippen molar-refractivity contribution in [2.45, 2.75) is 13.3 Å². The Morgan fingerprint density at radius 3 is 2.36 bits per heavy atom. The monoisotopic (exact) mass is 155 g/mol. The normalized spacial score (nSPS) is 18.0. The highest BCUT2D eigenvalue weighted by Crippen LogP contribution is 2.21. The average molecular weight is 155 g/mol. The number of hydrogen-bond acceptors (Lipinski definition) is 2. The van der Waals surface area contributed by atoms with Gasteiger partial charge in [0.05, 0.1) is 12.0 Å². The fraction of sp³-hybridized carbons (Fsp3) is 0.429. The highest BCUT2D eigenvalue weighted by molar-refractivity contribution is 5.98. The van der Waals surface area contributed by atoms with Crippen molar-refractivity contribution in [1.29, 1.82) is 0 Å². The van der Waals surface area contributed by atoms with Gasteiger partial charge in [0, 0.05) is 12.7 Å². The van der Waals surface area contributed by atoms with Crippen LogP contribution in [0.4, 0.5) is 0 Å². The highest BCUT2D eigenvalue weighted by Gasteiger charge is 2.27. The first-order valence-electron chi connectivity index (χ1n) is 3.23. The third-order valence-corrected chi connectivity index (χ3v) is 1.90. The zero-order chi connectivity index (χ0) is 8.59. The van der Waals surface area contributed by atoms with Crippen molar-refractivity contribution in [2.24, 2.45) is 0 Å². The third-order valence-electron chi connectivity index (χ3n) is 1.90. The molecule has 0 spiro atoms. The summed E-state index contributed by atoms with van der Waals surface area (Å²) in [4.78, 5) is 22.8. The summed E-state index contributed by atoms with van der Waals surface area (Å²) in [6.07, 6.45) is 0.0255. The molecule has 0 atom stereocenters. The first kappa shape index (κ1) is 7.78. The molecule has 0 aromatic heterocycles. The molecule has 0 aromatic carbocycles. The maximum Gasteiger partial charge on any atom is 0.333 e. The van der Waals surface area contributed by atoms with E-state index in [9.17, 15) is 9.59 Å². The molecule has 0 aromatic rings. The van der Waals surface area contributed by atoms with Crippen LogP contribution < -0.4 is 0 Å². The van der Waals surface area contributed by atoms with Crippen LogP contribution in [0.3, 0.4) is 0 Å². The molecule has 0 unspecified atom stereocenters. The Labute approximate surface area is 64.1 Å². The number of allylic oxidation sites excluding steroid dienone is 1. The van der Waals surface area contributed by atoms with Crippen LogP contribution >= 0.6 is 0 Å². The average Bonchev–Trinajstić information content (AvgIpc) is 2.17. The molecule has 4 nitrogen and oxygen atoms in total. The second-order valence-electron chi connectivity index (χ2n) is 2.50. The van der Waals surface area contributed by atoms with Crippen LogP contribution in [0.25, 0.3) is 0 Å². The smallest absolute Gasteiger partial charge is 0.333 e. The van der Waals surface area contributed by atoms with Crippen LogP contribution in [0.1, 0.15) is 13.3 Å². The van der Waals surface area contributed by atoms with E-state index in [2.05, 4.69) is 0 Å². The number of nitrogens with zero attached hydrogens (tertiary/aromatic N) is 1. The molecule has 1 heterocycles. The molecule has 60 valence electrons. The number of carbonyl (C=O) groups is 2. The van der Waals surface area contributed by atoms with E-state index in [4.69, 9.17) is 5.11 Å². The second kappa shape index (κ2) is 2.38. The van der Waals surface area contributed by atoms with E-state index < -0.39 is 5.97 Å². The fourth-order valence-corrected chi connectivity index (χ4v) is 1.02. The van der Waals surface area contributed by atoms with Gasteiger partial charge in [0.15, 0.2) is 0 Å². The number of rotatable bonds is 1. The van der Waals surface area contributed by atoms with Crippen molar-refractivity contribution < 1.29 is 14.7 Å². The highest BCUT2D eigenvalue weighted by atomic mass is 16.4. The molecule has 4 heteroatoms. The summed E-state index contributed by atoms with van der Waals surface area (Å²) in [5, 5.41) is 8.58. The summed E-state index contributed by atoms with van der Waals surface area (Å²) in [5.41, 5.74) is 0.750. The van der Waals surface area contributed by atoms with Crippen LogP contribution in [-0.4, -0.2) is 28.9 Å². The minimum absolute atomic E-state index is 0.0255. The van der Waals surface area contributed by atoms with Gasteiger partial charge in [-0.25, -0.2) is 4.79 Å². The number of aliphatic carboxylic acids is 1. The summed E-state index contributed by atoms with van der Waals surface area (Å²) < 4.78 is 0. The zero-order valence-electron chi connectivity index (χ0n) is 6.42. The van der Waals surface area contributed by atoms with E-state index in [0.29, 0.717) is 5.70 Å². The minimum Gasteiger partial charge on any atom is -0.478 e. The maximum absolute atomic E-state index is 10.9. The summed E-state index contributed by atoms with van der Waals surface area (Å²) in [5.74, 6) is -1.15. The summed E-state index contributed by atoms with van der Waals surface area (Å²) in [6.45, 7) is 1.63. The predicted molar refractivity (Wildman–Crippen MR) is 37.7 cm³/mol. The summed E-state index contributed by atoms with van der Waals surface area (Å²) in [6, 6.07) is 0. The largest absolute Gasteiger partial charge is 0.478 e. The zero-order valence-corrected chi connectivity index (χ0v) is 6.42. The van der Waals surface area contributed by atoms with E-state index >= 15 is 0 Å². The Morgan fingerprint density at radius 1 is 1.64 bits per heavy atom. The first-order chi connectivity index (χ1) is 5.04. The van der Waals surface area contributed by atoms with Crippen molar-refractivity contribution in [3.8, 4) is 0 Å². The SMILES string of the molecule is CC1=C(C(=O)O)CC(=O)N1C. The molecule has 1 amide bonds. The number of carboxylic acid groups (broad SMARTS) is 1. The van der Waals surface area contributed by atoms with Crippen LogP contribution in [-0.2, 0) is 9.59 Å². The van der Waals surface area contributed by atoms with Crippen molar-refractivity contribution in [3.63, 3.8) is 0 Å². The van der Waals surface area contributed by atoms with Gasteiger partial charge in [-0.2, -0.15) is 0 Å². The number of carboxylic acids is 1. The lowest BCUT2D eigenvalue weighted by Gasteiger charge is -2.08. The molecule has 0 radical (unpaired) electrons. The number of hydrogen-bond donors (Lipinski definition) is 1. The molecule has 0 aliphatic carbocycles. The topological polar surface area (TPSA) is 57.6 Å². The lowest BCUT2D eigenvalue weighted by molar-refractivity contribution is -0.133. The second-order valence-corrected chi connectivity index (χ2v) is 2.50. The van der Waals surface area contributed by atoms with Crippen molar-refractivity contribution in [1.82, 2.24) is 4.90 Å². The minimum atomic E-state index is -1.000. The molecular formula is C7H9NO3. The van der Waals surface area contributed by atoms with Gasteiger partial charge in [-0.05, 0) is 6.92 Å². The molecule has 1 aliphatic heterocycles. The van der Waals surface area contributed by atoms with E-state index in [0.717, 1.165) is 0 Å². The Bertz CT molecular complexity index is 254.